The summed E-state index contributed by atoms with van der Waals surface area (Å²) in [7, 11) is 3.28. The van der Waals surface area contributed by atoms with Crippen LogP contribution in [0.15, 0.2) is 46.9 Å². The molecule has 0 unspecified atom stereocenters. The number of hydrogen-bond donors (Lipinski definition) is 0. The third kappa shape index (κ3) is 2.74. The Morgan fingerprint density at radius 2 is 2.04 bits per heavy atom. The summed E-state index contributed by atoms with van der Waals surface area (Å²) in [6, 6.07) is 13.5. The molecule has 0 atom stereocenters. The van der Waals surface area contributed by atoms with E-state index >= 15 is 0 Å². The van der Waals surface area contributed by atoms with Gasteiger partial charge in [0.15, 0.2) is 5.76 Å². The first-order valence-electron chi connectivity index (χ1n) is 8.71. The maximum Gasteiger partial charge on any atom is 0.294 e. The lowest BCUT2D eigenvalue weighted by molar-refractivity contribution is 0.0954. The largest absolute Gasteiger partial charge is 0.497 e. The van der Waals surface area contributed by atoms with Crippen LogP contribution in [0.2, 0.25) is 0 Å². The highest BCUT2D eigenvalue weighted by molar-refractivity contribution is 6.08. The number of aryl methyl sites for hydroxylation is 1. The Kier molecular flexibility index (Phi) is 4.39. The van der Waals surface area contributed by atoms with Crippen molar-refractivity contribution in [2.24, 2.45) is 0 Å². The van der Waals surface area contributed by atoms with Gasteiger partial charge in [-0.1, -0.05) is 18.2 Å². The summed E-state index contributed by atoms with van der Waals surface area (Å²) < 4.78 is 16.6. The fraction of sp³-hybridized carbons (Fsp3) is 0.286. The Bertz CT molecular complexity index is 960. The van der Waals surface area contributed by atoms with E-state index in [0.717, 1.165) is 40.8 Å². The quantitative estimate of drug-likeness (QED) is 0.707. The van der Waals surface area contributed by atoms with Crippen LogP contribution in [0.3, 0.4) is 0 Å². The van der Waals surface area contributed by atoms with Crippen LogP contribution >= 0.6 is 0 Å². The standard InChI is InChI=1S/C21H21NO4/c1-24-13-17-16-7-3-4-8-19(16)26-20(17)21(23)22-11-5-6-14-12-15(25-2)9-10-18(14)22/h3-4,7-10,12H,5-6,11,13H2,1-2H3. The third-order valence-corrected chi connectivity index (χ3v) is 4.83. The van der Waals surface area contributed by atoms with Crippen molar-refractivity contribution >= 4 is 22.6 Å². The Hall–Kier alpha value is -2.79. The predicted molar refractivity (Wildman–Crippen MR) is 99.9 cm³/mol. The number of para-hydroxylation sites is 1. The summed E-state index contributed by atoms with van der Waals surface area (Å²) in [6.45, 7) is 1.00. The SMILES string of the molecule is COCc1c(C(=O)N2CCCc3cc(OC)ccc32)oc2ccccc12. The highest BCUT2D eigenvalue weighted by Crippen LogP contribution is 2.34. The predicted octanol–water partition coefficient (Wildman–Crippen LogP) is 4.18. The Labute approximate surface area is 152 Å². The van der Waals surface area contributed by atoms with Crippen molar-refractivity contribution in [2.45, 2.75) is 19.4 Å². The van der Waals surface area contributed by atoms with Crippen LogP contribution in [0.1, 0.15) is 28.1 Å². The molecule has 0 radical (unpaired) electrons. The van der Waals surface area contributed by atoms with E-state index in [4.69, 9.17) is 13.9 Å². The second-order valence-electron chi connectivity index (χ2n) is 6.39. The minimum Gasteiger partial charge on any atom is -0.497 e. The molecule has 1 aromatic heterocycles. The zero-order chi connectivity index (χ0) is 18.1. The van der Waals surface area contributed by atoms with Crippen LogP contribution < -0.4 is 9.64 Å². The van der Waals surface area contributed by atoms with Crippen molar-refractivity contribution in [2.75, 3.05) is 25.7 Å². The number of carbonyl (C=O) groups excluding carboxylic acids is 1. The average Bonchev–Trinajstić information content (AvgIpc) is 3.05. The monoisotopic (exact) mass is 351 g/mol. The van der Waals surface area contributed by atoms with E-state index < -0.39 is 0 Å². The minimum absolute atomic E-state index is 0.126. The number of fused-ring (bicyclic) bond motifs is 2. The molecule has 0 fully saturated rings. The van der Waals surface area contributed by atoms with Gasteiger partial charge in [0.05, 0.1) is 13.7 Å². The molecule has 3 aromatic rings. The molecule has 1 aliphatic heterocycles. The minimum atomic E-state index is -0.126. The van der Waals surface area contributed by atoms with E-state index in [-0.39, 0.29) is 5.91 Å². The number of nitrogens with zero attached hydrogens (tertiary/aromatic N) is 1. The zero-order valence-electron chi connectivity index (χ0n) is 15.0. The summed E-state index contributed by atoms with van der Waals surface area (Å²) in [4.78, 5) is 15.1. The molecule has 0 spiro atoms. The van der Waals surface area contributed by atoms with Crippen molar-refractivity contribution in [1.29, 1.82) is 0 Å². The van der Waals surface area contributed by atoms with E-state index in [2.05, 4.69) is 0 Å². The molecule has 0 N–H and O–H groups in total. The number of hydrogen-bond acceptors (Lipinski definition) is 4. The smallest absolute Gasteiger partial charge is 0.294 e. The van der Waals surface area contributed by atoms with Crippen LogP contribution in [-0.2, 0) is 17.8 Å². The summed E-state index contributed by atoms with van der Waals surface area (Å²) in [6.07, 6.45) is 1.84. The Balaban J connectivity index is 1.78. The molecule has 2 heterocycles. The van der Waals surface area contributed by atoms with Crippen LogP contribution in [-0.4, -0.2) is 26.7 Å². The van der Waals surface area contributed by atoms with E-state index in [1.165, 1.54) is 0 Å². The fourth-order valence-corrected chi connectivity index (χ4v) is 3.59. The van der Waals surface area contributed by atoms with E-state index in [1.807, 2.05) is 42.5 Å². The molecule has 5 nitrogen and oxygen atoms in total. The van der Waals surface area contributed by atoms with Crippen LogP contribution in [0.25, 0.3) is 11.0 Å². The molecule has 2 aromatic carbocycles. The molecular formula is C21H21NO4. The Morgan fingerprint density at radius 1 is 1.19 bits per heavy atom. The summed E-state index contributed by atoms with van der Waals surface area (Å²) in [5.41, 5.74) is 3.54. The molecule has 5 heteroatoms. The number of methoxy groups -OCH3 is 2. The molecule has 0 aliphatic carbocycles. The molecule has 1 aliphatic rings. The second kappa shape index (κ2) is 6.84. The van der Waals surface area contributed by atoms with Gasteiger partial charge in [-0.3, -0.25) is 4.79 Å². The lowest BCUT2D eigenvalue weighted by Crippen LogP contribution is -2.35. The summed E-state index contributed by atoms with van der Waals surface area (Å²) >= 11 is 0. The summed E-state index contributed by atoms with van der Waals surface area (Å²) in [5.74, 6) is 1.04. The van der Waals surface area contributed by atoms with Gasteiger partial charge in [-0.2, -0.15) is 0 Å². The van der Waals surface area contributed by atoms with Crippen molar-refractivity contribution < 1.29 is 18.7 Å². The van der Waals surface area contributed by atoms with Gasteiger partial charge < -0.3 is 18.8 Å². The zero-order valence-corrected chi connectivity index (χ0v) is 15.0. The van der Waals surface area contributed by atoms with Crippen molar-refractivity contribution in [1.82, 2.24) is 0 Å². The third-order valence-electron chi connectivity index (χ3n) is 4.83. The van der Waals surface area contributed by atoms with E-state index in [0.29, 0.717) is 24.5 Å². The maximum atomic E-state index is 13.3. The van der Waals surface area contributed by atoms with Crippen LogP contribution in [0, 0.1) is 0 Å². The highest BCUT2D eigenvalue weighted by atomic mass is 16.5. The lowest BCUT2D eigenvalue weighted by atomic mass is 10.0. The number of amides is 1. The second-order valence-corrected chi connectivity index (χ2v) is 6.39. The first kappa shape index (κ1) is 16.7. The van der Waals surface area contributed by atoms with Crippen LogP contribution in [0.4, 0.5) is 5.69 Å². The summed E-state index contributed by atoms with van der Waals surface area (Å²) in [5, 5.41) is 0.921. The molecular weight excluding hydrogens is 330 g/mol. The van der Waals surface area contributed by atoms with Gasteiger partial charge >= 0.3 is 0 Å². The Morgan fingerprint density at radius 3 is 2.85 bits per heavy atom. The first-order valence-corrected chi connectivity index (χ1v) is 8.71. The average molecular weight is 351 g/mol. The molecule has 134 valence electrons. The van der Waals surface area contributed by atoms with Gasteiger partial charge in [0.25, 0.3) is 5.91 Å². The molecule has 4 rings (SSSR count). The van der Waals surface area contributed by atoms with Gasteiger partial charge in [0.2, 0.25) is 0 Å². The fourth-order valence-electron chi connectivity index (χ4n) is 3.59. The molecule has 0 saturated heterocycles. The molecule has 0 saturated carbocycles. The van der Waals surface area contributed by atoms with Crippen LogP contribution in [0.5, 0.6) is 5.75 Å². The molecule has 1 amide bonds. The normalized spacial score (nSPS) is 13.7. The molecule has 26 heavy (non-hydrogen) atoms. The number of ether oxygens (including phenoxy) is 2. The number of furan rings is 1. The van der Waals surface area contributed by atoms with Gasteiger partial charge in [-0.05, 0) is 42.7 Å². The maximum absolute atomic E-state index is 13.3. The number of carbonyl (C=O) groups is 1. The van der Waals surface area contributed by atoms with Crippen molar-refractivity contribution in [3.63, 3.8) is 0 Å². The van der Waals surface area contributed by atoms with Gasteiger partial charge in [0.1, 0.15) is 11.3 Å². The van der Waals surface area contributed by atoms with E-state index in [1.54, 1.807) is 19.1 Å². The highest BCUT2D eigenvalue weighted by Gasteiger charge is 2.29. The van der Waals surface area contributed by atoms with E-state index in [9.17, 15) is 4.79 Å². The first-order chi connectivity index (χ1) is 12.7. The van der Waals surface area contributed by atoms with Crippen molar-refractivity contribution in [3.8, 4) is 5.75 Å². The van der Waals surface area contributed by atoms with Gasteiger partial charge in [-0.15, -0.1) is 0 Å². The number of benzene rings is 2. The number of anilines is 1. The molecule has 0 bridgehead atoms. The van der Waals surface area contributed by atoms with Gasteiger partial charge in [0, 0.05) is 30.3 Å². The topological polar surface area (TPSA) is 51.9 Å². The van der Waals surface area contributed by atoms with Gasteiger partial charge in [-0.25, -0.2) is 0 Å². The lowest BCUT2D eigenvalue weighted by Gasteiger charge is -2.29. The number of rotatable bonds is 4. The van der Waals surface area contributed by atoms with Crippen molar-refractivity contribution in [3.05, 3.63) is 59.4 Å².